The van der Waals surface area contributed by atoms with Crippen molar-refractivity contribution >= 4 is 38.9 Å². The first-order valence-corrected chi connectivity index (χ1v) is 11.7. The molecule has 3 aromatic rings. The average molecular weight is 460 g/mol. The van der Waals surface area contributed by atoms with E-state index in [1.54, 1.807) is 42.5 Å². The summed E-state index contributed by atoms with van der Waals surface area (Å²) in [4.78, 5) is 16.8. The molecule has 1 amide bonds. The highest BCUT2D eigenvalue weighted by atomic mass is 35.5. The molecule has 160 valence electrons. The lowest BCUT2D eigenvalue weighted by atomic mass is 10.1. The van der Waals surface area contributed by atoms with Crippen LogP contribution in [-0.2, 0) is 10.0 Å². The lowest BCUT2D eigenvalue weighted by Crippen LogP contribution is -2.37. The van der Waals surface area contributed by atoms with E-state index >= 15 is 0 Å². The number of sulfonamides is 1. The number of hydrogen-bond donors (Lipinski definition) is 1. The molecule has 2 aromatic carbocycles. The van der Waals surface area contributed by atoms with Gasteiger partial charge in [-0.3, -0.25) is 14.1 Å². The zero-order chi connectivity index (χ0) is 22.0. The lowest BCUT2D eigenvalue weighted by Gasteiger charge is -2.28. The summed E-state index contributed by atoms with van der Waals surface area (Å²) in [6.07, 6.45) is 2.81. The van der Waals surface area contributed by atoms with Crippen molar-refractivity contribution in [3.63, 3.8) is 0 Å². The molecule has 1 fully saturated rings. The number of carbonyl (C=O) groups is 1. The smallest absolute Gasteiger partial charge is 0.255 e. The molecule has 1 aliphatic rings. The Hall–Kier alpha value is -2.97. The molecular formula is C22H19ClFN3O3S. The Balaban J connectivity index is 1.53. The highest BCUT2D eigenvalue weighted by Gasteiger charge is 2.26. The van der Waals surface area contributed by atoms with E-state index in [4.69, 9.17) is 11.6 Å². The second-order valence-corrected chi connectivity index (χ2v) is 9.57. The maximum absolute atomic E-state index is 13.5. The second kappa shape index (κ2) is 8.64. The monoisotopic (exact) mass is 459 g/mol. The summed E-state index contributed by atoms with van der Waals surface area (Å²) < 4.78 is 39.4. The predicted molar refractivity (Wildman–Crippen MR) is 119 cm³/mol. The zero-order valence-electron chi connectivity index (χ0n) is 16.4. The maximum atomic E-state index is 13.5. The standard InChI is InChI=1S/C22H19ClFN3O3S/c23-20-8-5-17(14-19(20)21-13-16(24)9-10-25-21)26-22(28)15-3-6-18(7-4-15)27-11-1-2-12-31(27,29)30/h3-10,13-14H,1-2,11-12H2,(H,26,28). The van der Waals surface area contributed by atoms with Crippen molar-refractivity contribution in [2.75, 3.05) is 21.9 Å². The van der Waals surface area contributed by atoms with Crippen molar-refractivity contribution in [1.29, 1.82) is 0 Å². The number of rotatable bonds is 4. The fraction of sp³-hybridized carbons (Fsp3) is 0.182. The molecule has 0 unspecified atom stereocenters. The van der Waals surface area contributed by atoms with Crippen molar-refractivity contribution in [3.05, 3.63) is 77.2 Å². The zero-order valence-corrected chi connectivity index (χ0v) is 18.0. The normalized spacial score (nSPS) is 15.5. The molecular weight excluding hydrogens is 441 g/mol. The number of amides is 1. The second-order valence-electron chi connectivity index (χ2n) is 7.15. The molecule has 1 aromatic heterocycles. The number of aromatic nitrogens is 1. The number of pyridine rings is 1. The first kappa shape index (κ1) is 21.3. The van der Waals surface area contributed by atoms with Gasteiger partial charge >= 0.3 is 0 Å². The van der Waals surface area contributed by atoms with Gasteiger partial charge in [0.05, 0.1) is 22.2 Å². The third-order valence-corrected chi connectivity index (χ3v) is 7.19. The molecule has 0 bridgehead atoms. The topological polar surface area (TPSA) is 79.4 Å². The van der Waals surface area contributed by atoms with E-state index in [0.29, 0.717) is 46.2 Å². The number of carbonyl (C=O) groups excluding carboxylic acids is 1. The number of nitrogens with one attached hydrogen (secondary N) is 1. The Labute approximate surface area is 184 Å². The number of halogens is 2. The van der Waals surface area contributed by atoms with E-state index in [0.717, 1.165) is 6.42 Å². The van der Waals surface area contributed by atoms with Crippen molar-refractivity contribution in [1.82, 2.24) is 4.98 Å². The van der Waals surface area contributed by atoms with Crippen LogP contribution in [0.5, 0.6) is 0 Å². The number of anilines is 2. The van der Waals surface area contributed by atoms with Gasteiger partial charge in [-0.05, 0) is 61.4 Å². The summed E-state index contributed by atoms with van der Waals surface area (Å²) in [5.41, 5.74) is 2.23. The summed E-state index contributed by atoms with van der Waals surface area (Å²) >= 11 is 6.22. The van der Waals surface area contributed by atoms with Gasteiger partial charge in [0, 0.05) is 35.6 Å². The molecule has 9 heteroatoms. The third-order valence-electron chi connectivity index (χ3n) is 4.99. The van der Waals surface area contributed by atoms with E-state index in [-0.39, 0.29) is 11.7 Å². The van der Waals surface area contributed by atoms with E-state index in [1.807, 2.05) is 0 Å². The minimum Gasteiger partial charge on any atom is -0.322 e. The van der Waals surface area contributed by atoms with Gasteiger partial charge in [0.1, 0.15) is 5.82 Å². The average Bonchev–Trinajstić information content (AvgIpc) is 2.75. The highest BCUT2D eigenvalue weighted by molar-refractivity contribution is 7.92. The molecule has 4 rings (SSSR count). The number of benzene rings is 2. The molecule has 1 aliphatic heterocycles. The Morgan fingerprint density at radius 3 is 2.55 bits per heavy atom. The molecule has 0 spiro atoms. The fourth-order valence-corrected chi connectivity index (χ4v) is 5.27. The van der Waals surface area contributed by atoms with Crippen LogP contribution < -0.4 is 9.62 Å². The van der Waals surface area contributed by atoms with Crippen molar-refractivity contribution < 1.29 is 17.6 Å². The van der Waals surface area contributed by atoms with Crippen LogP contribution in [0.1, 0.15) is 23.2 Å². The van der Waals surface area contributed by atoms with Crippen LogP contribution >= 0.6 is 11.6 Å². The van der Waals surface area contributed by atoms with Gasteiger partial charge < -0.3 is 5.32 Å². The van der Waals surface area contributed by atoms with Crippen molar-refractivity contribution in [3.8, 4) is 11.3 Å². The largest absolute Gasteiger partial charge is 0.322 e. The summed E-state index contributed by atoms with van der Waals surface area (Å²) in [7, 11) is -3.31. The summed E-state index contributed by atoms with van der Waals surface area (Å²) in [6, 6.07) is 13.8. The van der Waals surface area contributed by atoms with Crippen LogP contribution in [-0.4, -0.2) is 31.6 Å². The van der Waals surface area contributed by atoms with Crippen LogP contribution in [0, 0.1) is 5.82 Å². The van der Waals surface area contributed by atoms with Gasteiger partial charge in [-0.2, -0.15) is 0 Å². The molecule has 31 heavy (non-hydrogen) atoms. The first-order chi connectivity index (χ1) is 14.8. The molecule has 0 atom stereocenters. The van der Waals surface area contributed by atoms with Gasteiger partial charge in [0.25, 0.3) is 5.91 Å². The van der Waals surface area contributed by atoms with Crippen LogP contribution in [0.25, 0.3) is 11.3 Å². The molecule has 0 aliphatic carbocycles. The number of hydrogen-bond acceptors (Lipinski definition) is 4. The predicted octanol–water partition coefficient (Wildman–Crippen LogP) is 4.72. The van der Waals surface area contributed by atoms with Crippen LogP contribution in [0.3, 0.4) is 0 Å². The highest BCUT2D eigenvalue weighted by Crippen LogP contribution is 2.30. The van der Waals surface area contributed by atoms with Crippen LogP contribution in [0.4, 0.5) is 15.8 Å². The van der Waals surface area contributed by atoms with E-state index in [9.17, 15) is 17.6 Å². The van der Waals surface area contributed by atoms with E-state index < -0.39 is 15.8 Å². The van der Waals surface area contributed by atoms with Gasteiger partial charge in [-0.1, -0.05) is 11.6 Å². The minimum absolute atomic E-state index is 0.133. The molecule has 0 radical (unpaired) electrons. The lowest BCUT2D eigenvalue weighted by molar-refractivity contribution is 0.102. The third kappa shape index (κ3) is 4.70. The summed E-state index contributed by atoms with van der Waals surface area (Å²) in [5.74, 6) is -0.672. The molecule has 0 saturated carbocycles. The van der Waals surface area contributed by atoms with Crippen molar-refractivity contribution in [2.45, 2.75) is 12.8 Å². The Bertz CT molecular complexity index is 1230. The van der Waals surface area contributed by atoms with Crippen molar-refractivity contribution in [2.24, 2.45) is 0 Å². The van der Waals surface area contributed by atoms with Crippen LogP contribution in [0.15, 0.2) is 60.8 Å². The molecule has 2 heterocycles. The Morgan fingerprint density at radius 1 is 1.06 bits per heavy atom. The Morgan fingerprint density at radius 2 is 1.84 bits per heavy atom. The van der Waals surface area contributed by atoms with Gasteiger partial charge in [0.15, 0.2) is 0 Å². The van der Waals surface area contributed by atoms with Gasteiger partial charge in [-0.25, -0.2) is 12.8 Å². The summed E-state index contributed by atoms with van der Waals surface area (Å²) in [5, 5.41) is 3.15. The first-order valence-electron chi connectivity index (χ1n) is 9.67. The fourth-order valence-electron chi connectivity index (χ4n) is 3.41. The Kier molecular flexibility index (Phi) is 5.93. The van der Waals surface area contributed by atoms with E-state index in [1.165, 1.54) is 22.6 Å². The minimum atomic E-state index is -3.31. The van der Waals surface area contributed by atoms with Gasteiger partial charge in [0.2, 0.25) is 10.0 Å². The SMILES string of the molecule is O=C(Nc1ccc(Cl)c(-c2cc(F)ccn2)c1)c1ccc(N2CCCCS2(=O)=O)cc1. The van der Waals surface area contributed by atoms with Gasteiger partial charge in [-0.15, -0.1) is 0 Å². The molecule has 1 N–H and O–H groups in total. The molecule has 6 nitrogen and oxygen atoms in total. The molecule has 1 saturated heterocycles. The number of nitrogens with zero attached hydrogens (tertiary/aromatic N) is 2. The summed E-state index contributed by atoms with van der Waals surface area (Å²) in [6.45, 7) is 0.440. The van der Waals surface area contributed by atoms with Crippen LogP contribution in [0.2, 0.25) is 5.02 Å². The quantitative estimate of drug-likeness (QED) is 0.612. The maximum Gasteiger partial charge on any atom is 0.255 e. The van der Waals surface area contributed by atoms with E-state index in [2.05, 4.69) is 10.3 Å².